The second kappa shape index (κ2) is 7.42. The molecule has 114 valence electrons. The first kappa shape index (κ1) is 16.7. The number of alkyl carbamates (subject to hydrolysis) is 1. The molecule has 0 radical (unpaired) electrons. The van der Waals surface area contributed by atoms with Crippen molar-refractivity contribution in [1.82, 2.24) is 14.9 Å². The first-order valence-electron chi connectivity index (χ1n) is 6.76. The highest BCUT2D eigenvalue weighted by Crippen LogP contribution is 2.15. The maximum atomic E-state index is 11.6. The average Bonchev–Trinajstić information content (AvgIpc) is 2.78. The van der Waals surface area contributed by atoms with Crippen LogP contribution in [0.2, 0.25) is 0 Å². The van der Waals surface area contributed by atoms with Crippen LogP contribution in [0, 0.1) is 11.8 Å². The Kier molecular flexibility index (Phi) is 6.19. The maximum absolute atomic E-state index is 11.6. The first-order valence-corrected chi connectivity index (χ1v) is 7.53. The fraction of sp³-hybridized carbons (Fsp3) is 0.769. The number of hydrogen-bond acceptors (Lipinski definition) is 6. The van der Waals surface area contributed by atoms with E-state index in [1.54, 1.807) is 6.20 Å². The third kappa shape index (κ3) is 6.70. The van der Waals surface area contributed by atoms with Gasteiger partial charge < -0.3 is 15.4 Å². The van der Waals surface area contributed by atoms with E-state index in [-0.39, 0.29) is 6.09 Å². The van der Waals surface area contributed by atoms with Crippen LogP contribution < -0.4 is 10.6 Å². The van der Waals surface area contributed by atoms with Gasteiger partial charge >= 0.3 is 6.09 Å². The highest BCUT2D eigenvalue weighted by molar-refractivity contribution is 7.09. The van der Waals surface area contributed by atoms with E-state index in [4.69, 9.17) is 4.74 Å². The van der Waals surface area contributed by atoms with Crippen molar-refractivity contribution in [3.05, 3.63) is 6.20 Å². The van der Waals surface area contributed by atoms with Gasteiger partial charge in [0, 0.05) is 24.6 Å². The van der Waals surface area contributed by atoms with Gasteiger partial charge in [0.2, 0.25) is 0 Å². The molecule has 0 saturated heterocycles. The molecule has 0 spiro atoms. The Labute approximate surface area is 124 Å². The van der Waals surface area contributed by atoms with E-state index in [2.05, 4.69) is 34.1 Å². The molecule has 0 aliphatic carbocycles. The van der Waals surface area contributed by atoms with E-state index in [0.29, 0.717) is 18.4 Å². The summed E-state index contributed by atoms with van der Waals surface area (Å²) in [6.45, 7) is 11.2. The topological polar surface area (TPSA) is 76.1 Å². The number of nitrogens with one attached hydrogen (secondary N) is 2. The zero-order valence-electron chi connectivity index (χ0n) is 12.8. The lowest BCUT2D eigenvalue weighted by molar-refractivity contribution is 0.0516. The van der Waals surface area contributed by atoms with Crippen LogP contribution in [0.25, 0.3) is 0 Å². The molecule has 1 atom stereocenters. The van der Waals surface area contributed by atoms with Crippen LogP contribution in [0.5, 0.6) is 0 Å². The molecule has 0 saturated carbocycles. The summed E-state index contributed by atoms with van der Waals surface area (Å²) >= 11 is 1.32. The molecule has 0 bridgehead atoms. The molecule has 0 aromatic carbocycles. The molecule has 1 rings (SSSR count). The molecule has 1 unspecified atom stereocenters. The maximum Gasteiger partial charge on any atom is 0.407 e. The third-order valence-electron chi connectivity index (χ3n) is 2.75. The van der Waals surface area contributed by atoms with Gasteiger partial charge in [-0.1, -0.05) is 18.3 Å². The molecule has 1 amide bonds. The van der Waals surface area contributed by atoms with E-state index in [1.165, 1.54) is 11.5 Å². The fourth-order valence-corrected chi connectivity index (χ4v) is 1.97. The first-order chi connectivity index (χ1) is 9.28. The molecule has 6 nitrogen and oxygen atoms in total. The predicted molar refractivity (Wildman–Crippen MR) is 81.0 cm³/mol. The molecule has 20 heavy (non-hydrogen) atoms. The zero-order chi connectivity index (χ0) is 15.2. The Morgan fingerprint density at radius 2 is 2.10 bits per heavy atom. The lowest BCUT2D eigenvalue weighted by Crippen LogP contribution is -2.38. The van der Waals surface area contributed by atoms with Crippen LogP contribution in [0.15, 0.2) is 6.20 Å². The minimum Gasteiger partial charge on any atom is -0.444 e. The quantitative estimate of drug-likeness (QED) is 0.845. The Bertz CT molecular complexity index is 401. The highest BCUT2D eigenvalue weighted by atomic mass is 32.1. The van der Waals surface area contributed by atoms with E-state index in [0.717, 1.165) is 11.5 Å². The number of aromatic nitrogens is 2. The second-order valence-electron chi connectivity index (χ2n) is 6.05. The summed E-state index contributed by atoms with van der Waals surface area (Å²) in [4.78, 5) is 11.6. The van der Waals surface area contributed by atoms with Gasteiger partial charge in [0.05, 0.1) is 6.20 Å². The number of rotatable bonds is 6. The minimum absolute atomic E-state index is 0.310. The Hall–Kier alpha value is -1.37. The lowest BCUT2D eigenvalue weighted by atomic mass is 9.96. The number of anilines is 1. The fourth-order valence-electron chi connectivity index (χ4n) is 1.55. The molecule has 1 aromatic rings. The third-order valence-corrected chi connectivity index (χ3v) is 3.37. The normalized spacial score (nSPS) is 13.1. The number of nitrogens with zero attached hydrogens (tertiary/aromatic N) is 2. The number of hydrogen-bond donors (Lipinski definition) is 2. The van der Waals surface area contributed by atoms with Gasteiger partial charge in [-0.15, -0.1) is 5.10 Å². The molecule has 1 heterocycles. The second-order valence-corrected chi connectivity index (χ2v) is 6.84. The SMILES string of the molecule is CC(C)C(CNC(=O)OC(C)(C)C)CNc1cnns1. The largest absolute Gasteiger partial charge is 0.444 e. The molecule has 2 N–H and O–H groups in total. The van der Waals surface area contributed by atoms with E-state index < -0.39 is 5.60 Å². The summed E-state index contributed by atoms with van der Waals surface area (Å²) in [7, 11) is 0. The van der Waals surface area contributed by atoms with Gasteiger partial charge in [-0.05, 0) is 32.6 Å². The van der Waals surface area contributed by atoms with Crippen molar-refractivity contribution >= 4 is 22.6 Å². The van der Waals surface area contributed by atoms with E-state index in [9.17, 15) is 4.79 Å². The van der Waals surface area contributed by atoms with Gasteiger partial charge in [0.25, 0.3) is 0 Å². The molecule has 7 heteroatoms. The van der Waals surface area contributed by atoms with Crippen LogP contribution in [-0.2, 0) is 4.74 Å². The predicted octanol–water partition coefficient (Wildman–Crippen LogP) is 2.75. The zero-order valence-corrected chi connectivity index (χ0v) is 13.6. The van der Waals surface area contributed by atoms with Crippen molar-refractivity contribution in [3.8, 4) is 0 Å². The minimum atomic E-state index is -0.468. The molecular weight excluding hydrogens is 276 g/mol. The molecular formula is C13H24N4O2S. The summed E-state index contributed by atoms with van der Waals surface area (Å²) in [6, 6.07) is 0. The Morgan fingerprint density at radius 1 is 1.40 bits per heavy atom. The summed E-state index contributed by atoms with van der Waals surface area (Å²) in [5.74, 6) is 0.753. The van der Waals surface area contributed by atoms with Crippen molar-refractivity contribution < 1.29 is 9.53 Å². The Balaban J connectivity index is 2.37. The Morgan fingerprint density at radius 3 is 2.60 bits per heavy atom. The van der Waals surface area contributed by atoms with Crippen molar-refractivity contribution in [2.75, 3.05) is 18.4 Å². The number of amides is 1. The number of carbonyl (C=O) groups is 1. The van der Waals surface area contributed by atoms with Crippen LogP contribution >= 0.6 is 11.5 Å². The standard InChI is InChI=1S/C13H24N4O2S/c1-9(2)10(6-14-11-8-16-17-20-11)7-15-12(18)19-13(3,4)5/h8-10,14H,6-7H2,1-5H3,(H,15,18). The number of ether oxygens (including phenoxy) is 1. The van der Waals surface area contributed by atoms with E-state index >= 15 is 0 Å². The summed E-state index contributed by atoms with van der Waals surface area (Å²) in [6.07, 6.45) is 1.33. The lowest BCUT2D eigenvalue weighted by Gasteiger charge is -2.24. The monoisotopic (exact) mass is 300 g/mol. The highest BCUT2D eigenvalue weighted by Gasteiger charge is 2.19. The summed E-state index contributed by atoms with van der Waals surface area (Å²) in [5.41, 5.74) is -0.468. The summed E-state index contributed by atoms with van der Waals surface area (Å²) in [5, 5.41) is 10.8. The van der Waals surface area contributed by atoms with Crippen LogP contribution in [-0.4, -0.2) is 34.4 Å². The average molecular weight is 300 g/mol. The van der Waals surface area contributed by atoms with Crippen molar-refractivity contribution in [3.63, 3.8) is 0 Å². The smallest absolute Gasteiger partial charge is 0.407 e. The van der Waals surface area contributed by atoms with Crippen molar-refractivity contribution in [1.29, 1.82) is 0 Å². The molecule has 1 aromatic heterocycles. The molecule has 0 aliphatic heterocycles. The van der Waals surface area contributed by atoms with Crippen molar-refractivity contribution in [2.24, 2.45) is 11.8 Å². The van der Waals surface area contributed by atoms with E-state index in [1.807, 2.05) is 20.8 Å². The van der Waals surface area contributed by atoms with Crippen molar-refractivity contribution in [2.45, 2.75) is 40.2 Å². The molecule has 0 fully saturated rings. The molecule has 0 aliphatic rings. The van der Waals surface area contributed by atoms with Gasteiger partial charge in [0.1, 0.15) is 10.6 Å². The van der Waals surface area contributed by atoms with Gasteiger partial charge in [-0.3, -0.25) is 0 Å². The summed E-state index contributed by atoms with van der Waals surface area (Å²) < 4.78 is 9.03. The van der Waals surface area contributed by atoms with Crippen LogP contribution in [0.1, 0.15) is 34.6 Å². The van der Waals surface area contributed by atoms with Gasteiger partial charge in [0.15, 0.2) is 0 Å². The van der Waals surface area contributed by atoms with Crippen LogP contribution in [0.4, 0.5) is 9.80 Å². The van der Waals surface area contributed by atoms with Gasteiger partial charge in [-0.2, -0.15) is 0 Å². The van der Waals surface area contributed by atoms with Crippen LogP contribution in [0.3, 0.4) is 0 Å². The van der Waals surface area contributed by atoms with Gasteiger partial charge in [-0.25, -0.2) is 4.79 Å². The number of carbonyl (C=O) groups excluding carboxylic acids is 1.